The second-order valence-corrected chi connectivity index (χ2v) is 4.55. The Morgan fingerprint density at radius 3 is 2.60 bits per heavy atom. The van der Waals surface area contributed by atoms with Crippen LogP contribution in [0.1, 0.15) is 12.5 Å². The maximum atomic E-state index is 5.45. The molecular formula is C16H17BrN2O. The van der Waals surface area contributed by atoms with Crippen LogP contribution in [-0.2, 0) is 0 Å². The highest BCUT2D eigenvalue weighted by molar-refractivity contribution is 8.93. The first-order valence-corrected chi connectivity index (χ1v) is 6.45. The minimum Gasteiger partial charge on any atom is -0.494 e. The third-order valence-corrected chi connectivity index (χ3v) is 3.08. The van der Waals surface area contributed by atoms with E-state index in [1.807, 2.05) is 48.0 Å². The van der Waals surface area contributed by atoms with Crippen molar-refractivity contribution in [1.29, 1.82) is 0 Å². The Morgan fingerprint density at radius 2 is 1.90 bits per heavy atom. The molecule has 0 aliphatic rings. The van der Waals surface area contributed by atoms with Gasteiger partial charge in [-0.05, 0) is 55.8 Å². The number of aromatic nitrogens is 2. The van der Waals surface area contributed by atoms with Gasteiger partial charge < -0.3 is 9.14 Å². The molecule has 3 nitrogen and oxygen atoms in total. The standard InChI is InChI=1S/C16H16N2O.BrH/c1-3-19-14-6-4-13(5-7-14)15-11-18-9-8-12(2)10-16(18)17-15;/h4-11H,3H2,1-2H3;1H. The second kappa shape index (κ2) is 6.09. The number of fused-ring (bicyclic) bond motifs is 1. The predicted octanol–water partition coefficient (Wildman–Crippen LogP) is 4.29. The van der Waals surface area contributed by atoms with E-state index in [1.165, 1.54) is 5.56 Å². The summed E-state index contributed by atoms with van der Waals surface area (Å²) in [6.45, 7) is 4.75. The molecule has 0 saturated heterocycles. The topological polar surface area (TPSA) is 26.5 Å². The Labute approximate surface area is 129 Å². The van der Waals surface area contributed by atoms with Gasteiger partial charge in [-0.1, -0.05) is 0 Å². The number of ether oxygens (including phenoxy) is 1. The number of hydrogen-bond acceptors (Lipinski definition) is 2. The van der Waals surface area contributed by atoms with Crippen LogP contribution in [0.25, 0.3) is 16.9 Å². The number of imidazole rings is 1. The number of nitrogens with zero attached hydrogens (tertiary/aromatic N) is 2. The Balaban J connectivity index is 0.00000147. The van der Waals surface area contributed by atoms with Gasteiger partial charge in [-0.15, -0.1) is 17.0 Å². The van der Waals surface area contributed by atoms with Crippen LogP contribution in [0, 0.1) is 6.92 Å². The molecule has 2 heterocycles. The molecular weight excluding hydrogens is 316 g/mol. The van der Waals surface area contributed by atoms with Gasteiger partial charge in [0, 0.05) is 18.0 Å². The van der Waals surface area contributed by atoms with Gasteiger partial charge in [0.25, 0.3) is 0 Å². The molecule has 20 heavy (non-hydrogen) atoms. The number of halogens is 1. The normalized spacial score (nSPS) is 10.3. The summed E-state index contributed by atoms with van der Waals surface area (Å²) in [6, 6.07) is 12.2. The van der Waals surface area contributed by atoms with E-state index in [0.29, 0.717) is 6.61 Å². The summed E-state index contributed by atoms with van der Waals surface area (Å²) in [5, 5.41) is 0. The van der Waals surface area contributed by atoms with E-state index in [-0.39, 0.29) is 17.0 Å². The quantitative estimate of drug-likeness (QED) is 0.715. The van der Waals surface area contributed by atoms with Crippen LogP contribution in [0.3, 0.4) is 0 Å². The van der Waals surface area contributed by atoms with Crippen molar-refractivity contribution in [3.05, 3.63) is 54.4 Å². The number of benzene rings is 1. The van der Waals surface area contributed by atoms with E-state index >= 15 is 0 Å². The van der Waals surface area contributed by atoms with Crippen molar-refractivity contribution in [3.8, 4) is 17.0 Å². The molecule has 4 heteroatoms. The SMILES string of the molecule is Br.CCOc1ccc(-c2cn3ccc(C)cc3n2)cc1. The third kappa shape index (κ3) is 2.85. The van der Waals surface area contributed by atoms with E-state index < -0.39 is 0 Å². The largest absolute Gasteiger partial charge is 0.494 e. The molecule has 0 bridgehead atoms. The first kappa shape index (κ1) is 14.6. The Kier molecular flexibility index (Phi) is 4.45. The highest BCUT2D eigenvalue weighted by atomic mass is 79.9. The molecule has 0 saturated carbocycles. The molecule has 3 rings (SSSR count). The first-order valence-electron chi connectivity index (χ1n) is 6.45. The molecule has 2 aromatic heterocycles. The molecule has 0 aliphatic carbocycles. The molecule has 0 atom stereocenters. The fourth-order valence-electron chi connectivity index (χ4n) is 2.11. The van der Waals surface area contributed by atoms with Gasteiger partial charge in [0.15, 0.2) is 0 Å². The lowest BCUT2D eigenvalue weighted by atomic mass is 10.2. The summed E-state index contributed by atoms with van der Waals surface area (Å²) in [5.41, 5.74) is 4.28. The van der Waals surface area contributed by atoms with Gasteiger partial charge in [-0.2, -0.15) is 0 Å². The number of aryl methyl sites for hydroxylation is 1. The summed E-state index contributed by atoms with van der Waals surface area (Å²) in [6.07, 6.45) is 4.08. The van der Waals surface area contributed by atoms with Gasteiger partial charge in [-0.3, -0.25) is 0 Å². The van der Waals surface area contributed by atoms with Gasteiger partial charge in [-0.25, -0.2) is 4.98 Å². The van der Waals surface area contributed by atoms with Crippen molar-refractivity contribution in [2.45, 2.75) is 13.8 Å². The van der Waals surface area contributed by atoms with Gasteiger partial charge in [0.1, 0.15) is 11.4 Å². The van der Waals surface area contributed by atoms with Gasteiger partial charge >= 0.3 is 0 Å². The molecule has 104 valence electrons. The van der Waals surface area contributed by atoms with E-state index in [1.54, 1.807) is 0 Å². The van der Waals surface area contributed by atoms with Crippen LogP contribution >= 0.6 is 17.0 Å². The lowest BCUT2D eigenvalue weighted by Gasteiger charge is -2.02. The smallest absolute Gasteiger partial charge is 0.137 e. The second-order valence-electron chi connectivity index (χ2n) is 4.55. The zero-order valence-electron chi connectivity index (χ0n) is 11.5. The van der Waals surface area contributed by atoms with Crippen LogP contribution in [0.5, 0.6) is 5.75 Å². The fraction of sp³-hybridized carbons (Fsp3) is 0.188. The Hall–Kier alpha value is -1.81. The van der Waals surface area contributed by atoms with Crippen LogP contribution in [0.15, 0.2) is 48.8 Å². The van der Waals surface area contributed by atoms with Gasteiger partial charge in [0.2, 0.25) is 0 Å². The lowest BCUT2D eigenvalue weighted by molar-refractivity contribution is 0.340. The van der Waals surface area contributed by atoms with Crippen molar-refractivity contribution >= 4 is 22.6 Å². The maximum absolute atomic E-state index is 5.45. The van der Waals surface area contributed by atoms with Crippen LogP contribution in [0.4, 0.5) is 0 Å². The third-order valence-electron chi connectivity index (χ3n) is 3.08. The summed E-state index contributed by atoms with van der Waals surface area (Å²) in [5.74, 6) is 0.894. The Bertz CT molecular complexity index is 704. The molecule has 0 aliphatic heterocycles. The average molecular weight is 333 g/mol. The summed E-state index contributed by atoms with van der Waals surface area (Å²) < 4.78 is 7.49. The fourth-order valence-corrected chi connectivity index (χ4v) is 2.11. The van der Waals surface area contributed by atoms with Crippen molar-refractivity contribution in [3.63, 3.8) is 0 Å². The zero-order chi connectivity index (χ0) is 13.2. The molecule has 0 fully saturated rings. The van der Waals surface area contributed by atoms with E-state index in [0.717, 1.165) is 22.7 Å². The van der Waals surface area contributed by atoms with Crippen molar-refractivity contribution < 1.29 is 4.74 Å². The van der Waals surface area contributed by atoms with E-state index in [4.69, 9.17) is 4.74 Å². The molecule has 1 aromatic carbocycles. The van der Waals surface area contributed by atoms with E-state index in [2.05, 4.69) is 24.0 Å². The molecule has 0 N–H and O–H groups in total. The molecule has 3 aromatic rings. The summed E-state index contributed by atoms with van der Waals surface area (Å²) in [7, 11) is 0. The Morgan fingerprint density at radius 1 is 1.15 bits per heavy atom. The monoisotopic (exact) mass is 332 g/mol. The lowest BCUT2D eigenvalue weighted by Crippen LogP contribution is -1.90. The summed E-state index contributed by atoms with van der Waals surface area (Å²) >= 11 is 0. The van der Waals surface area contributed by atoms with E-state index in [9.17, 15) is 0 Å². The van der Waals surface area contributed by atoms with Crippen LogP contribution < -0.4 is 4.74 Å². The van der Waals surface area contributed by atoms with Crippen LogP contribution in [0.2, 0.25) is 0 Å². The highest BCUT2D eigenvalue weighted by Crippen LogP contribution is 2.22. The number of rotatable bonds is 3. The minimum absolute atomic E-state index is 0. The molecule has 0 radical (unpaired) electrons. The van der Waals surface area contributed by atoms with Crippen LogP contribution in [-0.4, -0.2) is 16.0 Å². The first-order chi connectivity index (χ1) is 9.26. The zero-order valence-corrected chi connectivity index (χ0v) is 13.2. The van der Waals surface area contributed by atoms with Crippen molar-refractivity contribution in [2.24, 2.45) is 0 Å². The molecule has 0 spiro atoms. The number of hydrogen-bond donors (Lipinski definition) is 0. The molecule has 0 unspecified atom stereocenters. The molecule has 0 amide bonds. The van der Waals surface area contributed by atoms with Crippen molar-refractivity contribution in [1.82, 2.24) is 9.38 Å². The van der Waals surface area contributed by atoms with Gasteiger partial charge in [0.05, 0.1) is 12.3 Å². The average Bonchev–Trinajstić information content (AvgIpc) is 2.83. The maximum Gasteiger partial charge on any atom is 0.137 e. The highest BCUT2D eigenvalue weighted by Gasteiger charge is 2.04. The predicted molar refractivity (Wildman–Crippen MR) is 86.9 cm³/mol. The number of pyridine rings is 1. The minimum atomic E-state index is 0. The summed E-state index contributed by atoms with van der Waals surface area (Å²) in [4.78, 5) is 4.64. The van der Waals surface area contributed by atoms with Crippen molar-refractivity contribution in [2.75, 3.05) is 6.61 Å².